The van der Waals surface area contributed by atoms with E-state index in [1.54, 1.807) is 6.07 Å². The predicted octanol–water partition coefficient (Wildman–Crippen LogP) is 1.36. The number of thiocarbonyl (C=S) groups is 1. The van der Waals surface area contributed by atoms with Crippen LogP contribution in [0.1, 0.15) is 12.5 Å². The summed E-state index contributed by atoms with van der Waals surface area (Å²) in [6.07, 6.45) is 1.82. The largest absolute Gasteiger partial charge is 0.493 e. The van der Waals surface area contributed by atoms with Crippen LogP contribution in [-0.2, 0) is 14.4 Å². The minimum absolute atomic E-state index is 0.0195. The molecule has 1 saturated heterocycles. The summed E-state index contributed by atoms with van der Waals surface area (Å²) in [4.78, 5) is 36.8. The van der Waals surface area contributed by atoms with Gasteiger partial charge in [-0.15, -0.1) is 6.58 Å². The lowest BCUT2D eigenvalue weighted by Gasteiger charge is -2.27. The number of carbonyl (C=O) groups is 3. The lowest BCUT2D eigenvalue weighted by atomic mass is 10.1. The van der Waals surface area contributed by atoms with Crippen LogP contribution in [0.15, 0.2) is 36.4 Å². The maximum Gasteiger partial charge on any atom is 0.344 e. The molecule has 27 heavy (non-hydrogen) atoms. The highest BCUT2D eigenvalue weighted by Gasteiger charge is 2.32. The van der Waals surface area contributed by atoms with Crippen LogP contribution in [-0.4, -0.2) is 52.7 Å². The van der Waals surface area contributed by atoms with E-state index < -0.39 is 23.9 Å². The number of nitrogens with zero attached hydrogens (tertiary/aromatic N) is 1. The van der Waals surface area contributed by atoms with Crippen molar-refractivity contribution in [3.8, 4) is 11.5 Å². The fourth-order valence-electron chi connectivity index (χ4n) is 2.27. The van der Waals surface area contributed by atoms with Crippen LogP contribution in [0.5, 0.6) is 11.5 Å². The van der Waals surface area contributed by atoms with Crippen molar-refractivity contribution in [1.82, 2.24) is 10.2 Å². The summed E-state index contributed by atoms with van der Waals surface area (Å²) in [7, 11) is 1.40. The Morgan fingerprint density at radius 1 is 1.41 bits per heavy atom. The highest BCUT2D eigenvalue weighted by Crippen LogP contribution is 2.30. The molecule has 0 spiro atoms. The molecule has 2 rings (SSSR count). The van der Waals surface area contributed by atoms with E-state index in [9.17, 15) is 14.4 Å². The maximum atomic E-state index is 12.5. The molecule has 9 heteroatoms. The first-order valence-corrected chi connectivity index (χ1v) is 8.26. The van der Waals surface area contributed by atoms with Crippen LogP contribution in [0.3, 0.4) is 0 Å². The van der Waals surface area contributed by atoms with E-state index in [-0.39, 0.29) is 28.7 Å². The maximum absolute atomic E-state index is 12.5. The molecule has 2 amide bonds. The zero-order valence-corrected chi connectivity index (χ0v) is 15.5. The number of benzene rings is 1. The van der Waals surface area contributed by atoms with Crippen molar-refractivity contribution < 1.29 is 29.0 Å². The van der Waals surface area contributed by atoms with Crippen molar-refractivity contribution in [2.75, 3.05) is 13.7 Å². The lowest BCUT2D eigenvalue weighted by molar-refractivity contribution is -0.144. The second-order valence-electron chi connectivity index (χ2n) is 5.53. The Labute approximate surface area is 161 Å². The molecule has 1 unspecified atom stereocenters. The molecule has 0 aromatic heterocycles. The van der Waals surface area contributed by atoms with Crippen LogP contribution < -0.4 is 14.8 Å². The Morgan fingerprint density at radius 3 is 2.70 bits per heavy atom. The summed E-state index contributed by atoms with van der Waals surface area (Å²) >= 11 is 5.00. The highest BCUT2D eigenvalue weighted by molar-refractivity contribution is 7.80. The molecule has 142 valence electrons. The minimum atomic E-state index is -1.12. The summed E-state index contributed by atoms with van der Waals surface area (Å²) in [5.41, 5.74) is 0.395. The van der Waals surface area contributed by atoms with Crippen molar-refractivity contribution >= 4 is 41.2 Å². The van der Waals surface area contributed by atoms with Gasteiger partial charge in [0.05, 0.1) is 7.11 Å². The van der Waals surface area contributed by atoms with Gasteiger partial charge >= 0.3 is 5.97 Å². The molecule has 1 heterocycles. The van der Waals surface area contributed by atoms with E-state index in [2.05, 4.69) is 11.9 Å². The lowest BCUT2D eigenvalue weighted by Crippen LogP contribution is -2.53. The fourth-order valence-corrected chi connectivity index (χ4v) is 2.52. The number of hydrogen-bond donors (Lipinski definition) is 2. The van der Waals surface area contributed by atoms with Crippen LogP contribution >= 0.6 is 12.2 Å². The number of carboxylic acids is 1. The molecule has 1 aromatic rings. The van der Waals surface area contributed by atoms with Gasteiger partial charge in [-0.05, 0) is 42.9 Å². The van der Waals surface area contributed by atoms with E-state index in [1.165, 1.54) is 43.2 Å². The standard InChI is InChI=1S/C18H18N2O6S/c1-4-7-20-16(22)12(15(21)19-18(20)27)8-11-5-6-13(14(9-11)25-3)26-10(2)17(23)24/h4-6,8-10H,1,7H2,2-3H3,(H,23,24)(H,19,21,27)/b12-8-. The molecule has 0 saturated carbocycles. The van der Waals surface area contributed by atoms with Crippen LogP contribution in [0.4, 0.5) is 0 Å². The third-order valence-corrected chi connectivity index (χ3v) is 3.97. The number of hydrogen-bond acceptors (Lipinski definition) is 6. The van der Waals surface area contributed by atoms with Gasteiger partial charge < -0.3 is 14.6 Å². The van der Waals surface area contributed by atoms with Crippen molar-refractivity contribution in [1.29, 1.82) is 0 Å². The normalized spacial score (nSPS) is 16.7. The average molecular weight is 390 g/mol. The molecule has 2 N–H and O–H groups in total. The molecule has 0 aliphatic carbocycles. The summed E-state index contributed by atoms with van der Waals surface area (Å²) in [5.74, 6) is -1.78. The van der Waals surface area contributed by atoms with Gasteiger partial charge in [-0.25, -0.2) is 4.79 Å². The van der Waals surface area contributed by atoms with Gasteiger partial charge in [0, 0.05) is 6.54 Å². The van der Waals surface area contributed by atoms with E-state index in [4.69, 9.17) is 26.8 Å². The van der Waals surface area contributed by atoms with Gasteiger partial charge in [-0.3, -0.25) is 19.8 Å². The predicted molar refractivity (Wildman–Crippen MR) is 101 cm³/mol. The minimum Gasteiger partial charge on any atom is -0.493 e. The van der Waals surface area contributed by atoms with Gasteiger partial charge in [-0.2, -0.15) is 0 Å². The molecule has 0 radical (unpaired) electrons. The molecule has 1 aromatic carbocycles. The molecule has 1 fully saturated rings. The monoisotopic (exact) mass is 390 g/mol. The first-order valence-electron chi connectivity index (χ1n) is 7.85. The summed E-state index contributed by atoms with van der Waals surface area (Å²) in [6, 6.07) is 4.61. The zero-order chi connectivity index (χ0) is 20.1. The second-order valence-corrected chi connectivity index (χ2v) is 5.92. The number of methoxy groups -OCH3 is 1. The van der Waals surface area contributed by atoms with E-state index >= 15 is 0 Å². The van der Waals surface area contributed by atoms with Crippen molar-refractivity contribution in [2.24, 2.45) is 0 Å². The number of nitrogens with one attached hydrogen (secondary N) is 1. The van der Waals surface area contributed by atoms with Crippen LogP contribution in [0.2, 0.25) is 0 Å². The second kappa shape index (κ2) is 8.45. The number of amides is 2. The van der Waals surface area contributed by atoms with Gasteiger partial charge in [0.2, 0.25) is 0 Å². The quantitative estimate of drug-likeness (QED) is 0.313. The van der Waals surface area contributed by atoms with Crippen molar-refractivity contribution in [2.45, 2.75) is 13.0 Å². The van der Waals surface area contributed by atoms with Gasteiger partial charge in [0.15, 0.2) is 22.7 Å². The van der Waals surface area contributed by atoms with Crippen LogP contribution in [0.25, 0.3) is 6.08 Å². The topological polar surface area (TPSA) is 105 Å². The van der Waals surface area contributed by atoms with Crippen molar-refractivity contribution in [3.63, 3.8) is 0 Å². The SMILES string of the molecule is C=CCN1C(=O)/C(=C\c2ccc(OC(C)C(=O)O)c(OC)c2)C(=O)NC1=S. The van der Waals surface area contributed by atoms with E-state index in [0.717, 1.165) is 0 Å². The molecular formula is C18H18N2O6S. The van der Waals surface area contributed by atoms with Crippen LogP contribution in [0, 0.1) is 0 Å². The third-order valence-electron chi connectivity index (χ3n) is 3.65. The van der Waals surface area contributed by atoms with Gasteiger partial charge in [0.25, 0.3) is 11.8 Å². The highest BCUT2D eigenvalue weighted by atomic mass is 32.1. The Bertz CT molecular complexity index is 848. The molecule has 1 aliphatic heterocycles. The Morgan fingerprint density at radius 2 is 2.11 bits per heavy atom. The first kappa shape index (κ1) is 20.1. The number of carboxylic acid groups (broad SMARTS) is 1. The Kier molecular flexibility index (Phi) is 6.30. The molecular weight excluding hydrogens is 372 g/mol. The molecule has 0 bridgehead atoms. The smallest absolute Gasteiger partial charge is 0.344 e. The Balaban J connectivity index is 2.35. The molecule has 8 nitrogen and oxygen atoms in total. The number of rotatable bonds is 7. The third kappa shape index (κ3) is 4.50. The van der Waals surface area contributed by atoms with Crippen molar-refractivity contribution in [3.05, 3.63) is 42.0 Å². The van der Waals surface area contributed by atoms with E-state index in [0.29, 0.717) is 5.56 Å². The average Bonchev–Trinajstić information content (AvgIpc) is 2.63. The first-order chi connectivity index (χ1) is 12.8. The van der Waals surface area contributed by atoms with Gasteiger partial charge in [0.1, 0.15) is 5.57 Å². The summed E-state index contributed by atoms with van der Waals surface area (Å²) < 4.78 is 10.5. The number of carbonyl (C=O) groups excluding carboxylic acids is 2. The summed E-state index contributed by atoms with van der Waals surface area (Å²) in [6.45, 7) is 5.12. The zero-order valence-electron chi connectivity index (χ0n) is 14.7. The van der Waals surface area contributed by atoms with E-state index in [1.807, 2.05) is 0 Å². The molecule has 1 atom stereocenters. The Hall–Kier alpha value is -3.20. The van der Waals surface area contributed by atoms with Gasteiger partial charge in [-0.1, -0.05) is 12.1 Å². The summed E-state index contributed by atoms with van der Waals surface area (Å²) in [5, 5.41) is 11.4. The fraction of sp³-hybridized carbons (Fsp3) is 0.222. The molecule has 1 aliphatic rings. The number of aliphatic carboxylic acids is 1. The number of ether oxygens (including phenoxy) is 2.